The van der Waals surface area contributed by atoms with Crippen LogP contribution in [-0.4, -0.2) is 23.9 Å². The summed E-state index contributed by atoms with van der Waals surface area (Å²) in [6.07, 6.45) is 2.00. The van der Waals surface area contributed by atoms with E-state index in [0.29, 0.717) is 12.5 Å². The highest BCUT2D eigenvalue weighted by molar-refractivity contribution is 7.98. The van der Waals surface area contributed by atoms with E-state index < -0.39 is 12.0 Å². The molecule has 1 atom stereocenters. The number of thioether (sulfide) groups is 1. The van der Waals surface area contributed by atoms with Crippen LogP contribution in [0.2, 0.25) is 0 Å². The number of hydrogen-bond acceptors (Lipinski definition) is 3. The van der Waals surface area contributed by atoms with Gasteiger partial charge in [0.15, 0.2) is 0 Å². The molecule has 0 aromatic heterocycles. The molecular weight excluding hydrogens is 234 g/mol. The van der Waals surface area contributed by atoms with Crippen molar-refractivity contribution in [3.05, 3.63) is 29.8 Å². The van der Waals surface area contributed by atoms with E-state index >= 15 is 0 Å². The van der Waals surface area contributed by atoms with E-state index in [1.807, 2.05) is 30.5 Å². The van der Waals surface area contributed by atoms with Crippen molar-refractivity contribution in [3.8, 4) is 0 Å². The summed E-state index contributed by atoms with van der Waals surface area (Å²) < 4.78 is 0. The van der Waals surface area contributed by atoms with Gasteiger partial charge in [-0.2, -0.15) is 0 Å². The molecule has 0 saturated carbocycles. The topological polar surface area (TPSA) is 49.3 Å². The maximum absolute atomic E-state index is 11.2. The summed E-state index contributed by atoms with van der Waals surface area (Å²) in [5.74, 6) is -0.398. The van der Waals surface area contributed by atoms with Gasteiger partial charge in [0.1, 0.15) is 6.04 Å². The number of benzene rings is 1. The molecule has 0 fully saturated rings. The minimum atomic E-state index is -0.831. The van der Waals surface area contributed by atoms with Crippen LogP contribution in [0.1, 0.15) is 25.5 Å². The van der Waals surface area contributed by atoms with Gasteiger partial charge in [0.25, 0.3) is 0 Å². The monoisotopic (exact) mass is 253 g/mol. The summed E-state index contributed by atoms with van der Waals surface area (Å²) in [5, 5.41) is 12.3. The lowest BCUT2D eigenvalue weighted by molar-refractivity contribution is -0.139. The van der Waals surface area contributed by atoms with Crippen molar-refractivity contribution in [2.45, 2.75) is 24.8 Å². The molecule has 4 heteroatoms. The zero-order valence-electron chi connectivity index (χ0n) is 10.4. The Kier molecular flexibility index (Phi) is 5.51. The van der Waals surface area contributed by atoms with Crippen LogP contribution in [0.3, 0.4) is 0 Å². The number of carbonyl (C=O) groups is 1. The van der Waals surface area contributed by atoms with Crippen LogP contribution in [-0.2, 0) is 4.79 Å². The van der Waals surface area contributed by atoms with E-state index in [1.165, 1.54) is 0 Å². The molecule has 17 heavy (non-hydrogen) atoms. The molecule has 0 saturated heterocycles. The standard InChI is InChI=1S/C13H19NO2S/c1-9(2)8-14-12(13(15)16)10-4-6-11(17-3)7-5-10/h4-7,9,12,14H,8H2,1-3H3,(H,15,16). The first-order valence-electron chi connectivity index (χ1n) is 5.64. The average Bonchev–Trinajstić information content (AvgIpc) is 2.29. The van der Waals surface area contributed by atoms with Crippen molar-refractivity contribution in [2.24, 2.45) is 5.92 Å². The molecule has 0 amide bonds. The summed E-state index contributed by atoms with van der Waals surface area (Å²) in [5.41, 5.74) is 0.802. The highest BCUT2D eigenvalue weighted by Gasteiger charge is 2.19. The fraction of sp³-hybridized carbons (Fsp3) is 0.462. The van der Waals surface area contributed by atoms with Gasteiger partial charge in [-0.25, -0.2) is 0 Å². The molecule has 1 aromatic carbocycles. The van der Waals surface area contributed by atoms with Crippen LogP contribution in [0.15, 0.2) is 29.2 Å². The van der Waals surface area contributed by atoms with Crippen molar-refractivity contribution in [1.82, 2.24) is 5.32 Å². The van der Waals surface area contributed by atoms with Crippen molar-refractivity contribution >= 4 is 17.7 Å². The molecule has 0 aliphatic carbocycles. The summed E-state index contributed by atoms with van der Waals surface area (Å²) in [4.78, 5) is 12.3. The summed E-state index contributed by atoms with van der Waals surface area (Å²) in [6, 6.07) is 7.03. The Morgan fingerprint density at radius 2 is 1.94 bits per heavy atom. The predicted molar refractivity (Wildman–Crippen MR) is 71.4 cm³/mol. The van der Waals surface area contributed by atoms with Gasteiger partial charge in [0, 0.05) is 4.90 Å². The summed E-state index contributed by atoms with van der Waals surface area (Å²) >= 11 is 1.65. The number of nitrogens with one attached hydrogen (secondary N) is 1. The molecule has 1 unspecified atom stereocenters. The Balaban J connectivity index is 2.78. The van der Waals surface area contributed by atoms with Gasteiger partial charge in [-0.05, 0) is 36.4 Å². The first kappa shape index (κ1) is 14.1. The lowest BCUT2D eigenvalue weighted by atomic mass is 10.1. The van der Waals surface area contributed by atoms with Crippen LogP contribution in [0.4, 0.5) is 0 Å². The SMILES string of the molecule is CSc1ccc(C(NCC(C)C)C(=O)O)cc1. The normalized spacial score (nSPS) is 12.7. The second kappa shape index (κ2) is 6.67. The lowest BCUT2D eigenvalue weighted by Crippen LogP contribution is -2.31. The first-order chi connectivity index (χ1) is 8.04. The third-order valence-corrected chi connectivity index (χ3v) is 3.17. The van der Waals surface area contributed by atoms with Crippen molar-refractivity contribution in [1.29, 1.82) is 0 Å². The molecule has 0 aliphatic heterocycles. The van der Waals surface area contributed by atoms with Crippen molar-refractivity contribution in [2.75, 3.05) is 12.8 Å². The van der Waals surface area contributed by atoms with Crippen LogP contribution < -0.4 is 5.32 Å². The largest absolute Gasteiger partial charge is 0.480 e. The predicted octanol–water partition coefficient (Wildman–Crippen LogP) is 2.78. The Hall–Kier alpha value is -1.00. The van der Waals surface area contributed by atoms with E-state index in [-0.39, 0.29) is 0 Å². The fourth-order valence-corrected chi connectivity index (χ4v) is 1.91. The first-order valence-corrected chi connectivity index (χ1v) is 6.87. The van der Waals surface area contributed by atoms with E-state index in [9.17, 15) is 9.90 Å². The smallest absolute Gasteiger partial charge is 0.325 e. The lowest BCUT2D eigenvalue weighted by Gasteiger charge is -2.16. The summed E-state index contributed by atoms with van der Waals surface area (Å²) in [6.45, 7) is 4.81. The quantitative estimate of drug-likeness (QED) is 0.765. The van der Waals surface area contributed by atoms with Crippen LogP contribution in [0.25, 0.3) is 0 Å². The van der Waals surface area contributed by atoms with Gasteiger partial charge < -0.3 is 10.4 Å². The Morgan fingerprint density at radius 1 is 1.35 bits per heavy atom. The fourth-order valence-electron chi connectivity index (χ4n) is 1.50. The number of aliphatic carboxylic acids is 1. The van der Waals surface area contributed by atoms with Gasteiger partial charge in [0.05, 0.1) is 0 Å². The molecular formula is C13H19NO2S. The highest BCUT2D eigenvalue weighted by atomic mass is 32.2. The third-order valence-electron chi connectivity index (χ3n) is 2.43. The maximum atomic E-state index is 11.2. The Bertz CT molecular complexity index is 362. The minimum absolute atomic E-state index is 0.433. The zero-order valence-corrected chi connectivity index (χ0v) is 11.3. The molecule has 0 spiro atoms. The van der Waals surface area contributed by atoms with Crippen molar-refractivity contribution < 1.29 is 9.90 Å². The molecule has 2 N–H and O–H groups in total. The third kappa shape index (κ3) is 4.40. The van der Waals surface area contributed by atoms with Crippen molar-refractivity contribution in [3.63, 3.8) is 0 Å². The Labute approximate surface area is 107 Å². The molecule has 1 rings (SSSR count). The molecule has 3 nitrogen and oxygen atoms in total. The van der Waals surface area contributed by atoms with E-state index in [2.05, 4.69) is 19.2 Å². The number of hydrogen-bond donors (Lipinski definition) is 2. The van der Waals surface area contributed by atoms with Crippen LogP contribution in [0.5, 0.6) is 0 Å². The minimum Gasteiger partial charge on any atom is -0.480 e. The van der Waals surface area contributed by atoms with Crippen LogP contribution >= 0.6 is 11.8 Å². The van der Waals surface area contributed by atoms with Crippen LogP contribution in [0, 0.1) is 5.92 Å². The molecule has 0 aliphatic rings. The highest BCUT2D eigenvalue weighted by Crippen LogP contribution is 2.19. The van der Waals surface area contributed by atoms with E-state index in [0.717, 1.165) is 10.5 Å². The van der Waals surface area contributed by atoms with Gasteiger partial charge in [-0.3, -0.25) is 4.79 Å². The molecule has 1 aromatic rings. The van der Waals surface area contributed by atoms with E-state index in [4.69, 9.17) is 0 Å². The second-order valence-corrected chi connectivity index (χ2v) is 5.23. The Morgan fingerprint density at radius 3 is 2.35 bits per heavy atom. The second-order valence-electron chi connectivity index (χ2n) is 4.35. The van der Waals surface area contributed by atoms with Gasteiger partial charge >= 0.3 is 5.97 Å². The van der Waals surface area contributed by atoms with Gasteiger partial charge in [0.2, 0.25) is 0 Å². The van der Waals surface area contributed by atoms with Gasteiger partial charge in [-0.15, -0.1) is 11.8 Å². The van der Waals surface area contributed by atoms with Gasteiger partial charge in [-0.1, -0.05) is 26.0 Å². The average molecular weight is 253 g/mol. The number of carboxylic acid groups (broad SMARTS) is 1. The molecule has 0 radical (unpaired) electrons. The molecule has 0 heterocycles. The van der Waals surface area contributed by atoms with E-state index in [1.54, 1.807) is 11.8 Å². The number of rotatable bonds is 6. The number of carboxylic acids is 1. The molecule has 0 bridgehead atoms. The maximum Gasteiger partial charge on any atom is 0.325 e. The molecule has 94 valence electrons. The summed E-state index contributed by atoms with van der Waals surface area (Å²) in [7, 11) is 0. The zero-order chi connectivity index (χ0) is 12.8.